The van der Waals surface area contributed by atoms with Crippen LogP contribution in [0, 0.1) is 0 Å². The molecule has 2 N–H and O–H groups in total. The highest BCUT2D eigenvalue weighted by atomic mass is 16.6. The summed E-state index contributed by atoms with van der Waals surface area (Å²) in [5.41, 5.74) is 0. The number of carbonyl (C=O) groups is 1. The molecule has 5 nitrogen and oxygen atoms in total. The normalized spacial score (nSPS) is 14.0. The number of ether oxygens (including phenoxy) is 2. The van der Waals surface area contributed by atoms with Gasteiger partial charge in [0.25, 0.3) is 5.76 Å². The molecule has 0 unspecified atom stereocenters. The summed E-state index contributed by atoms with van der Waals surface area (Å²) in [7, 11) is 0. The Kier molecular flexibility index (Phi) is 1.78. The van der Waals surface area contributed by atoms with Crippen molar-refractivity contribution in [3.8, 4) is 11.5 Å². The fourth-order valence-corrected chi connectivity index (χ4v) is 1.06. The van der Waals surface area contributed by atoms with Crippen molar-refractivity contribution in [1.29, 1.82) is 0 Å². The highest BCUT2D eigenvalue weighted by Gasteiger charge is 2.26. The van der Waals surface area contributed by atoms with E-state index in [1.165, 1.54) is 0 Å². The van der Waals surface area contributed by atoms with E-state index >= 15 is 0 Å². The molecular weight excluding hydrogens is 188 g/mol. The number of hydrogen-bond acceptors (Lipinski definition) is 4. The van der Waals surface area contributed by atoms with Gasteiger partial charge in [0.2, 0.25) is 0 Å². The third-order valence-corrected chi connectivity index (χ3v) is 1.66. The Hall–Kier alpha value is -2.17. The van der Waals surface area contributed by atoms with E-state index in [0.717, 1.165) is 0 Å². The number of para-hydroxylation sites is 2. The number of fused-ring (bicyclic) bond motifs is 1. The Morgan fingerprint density at radius 1 is 1.14 bits per heavy atom. The summed E-state index contributed by atoms with van der Waals surface area (Å²) in [6.07, 6.45) is 0. The van der Waals surface area contributed by atoms with Gasteiger partial charge in [-0.05, 0) is 12.1 Å². The summed E-state index contributed by atoms with van der Waals surface area (Å²) >= 11 is 0. The molecular formula is C9H6O5. The van der Waals surface area contributed by atoms with E-state index in [4.69, 9.17) is 19.7 Å². The monoisotopic (exact) mass is 194 g/mol. The molecule has 0 fully saturated rings. The van der Waals surface area contributed by atoms with Crippen molar-refractivity contribution in [3.05, 3.63) is 36.0 Å². The fourth-order valence-electron chi connectivity index (χ4n) is 1.06. The van der Waals surface area contributed by atoms with Gasteiger partial charge in [-0.25, -0.2) is 4.79 Å². The Morgan fingerprint density at radius 2 is 1.71 bits per heavy atom. The number of carboxylic acids is 1. The van der Waals surface area contributed by atoms with Crippen molar-refractivity contribution in [3.63, 3.8) is 0 Å². The molecule has 0 amide bonds. The van der Waals surface area contributed by atoms with Gasteiger partial charge in [0, 0.05) is 0 Å². The van der Waals surface area contributed by atoms with E-state index in [2.05, 4.69) is 0 Å². The molecule has 14 heavy (non-hydrogen) atoms. The Bertz CT molecular complexity index is 421. The average Bonchev–Trinajstić information content (AvgIpc) is 2.16. The molecule has 0 saturated carbocycles. The first kappa shape index (κ1) is 8.43. The molecule has 1 aliphatic heterocycles. The molecule has 0 spiro atoms. The topological polar surface area (TPSA) is 76.0 Å². The summed E-state index contributed by atoms with van der Waals surface area (Å²) in [5.74, 6) is -2.17. The minimum atomic E-state index is -1.38. The van der Waals surface area contributed by atoms with Crippen LogP contribution in [0.2, 0.25) is 0 Å². The van der Waals surface area contributed by atoms with Gasteiger partial charge in [0.1, 0.15) is 0 Å². The largest absolute Gasteiger partial charge is 0.478 e. The second kappa shape index (κ2) is 2.95. The molecule has 1 aliphatic rings. The highest BCUT2D eigenvalue weighted by Crippen LogP contribution is 2.33. The molecule has 2 rings (SSSR count). The van der Waals surface area contributed by atoms with Crippen LogP contribution in [0.25, 0.3) is 0 Å². The van der Waals surface area contributed by atoms with Crippen LogP contribution >= 0.6 is 0 Å². The number of aliphatic hydroxyl groups excluding tert-OH is 1. The van der Waals surface area contributed by atoms with Gasteiger partial charge in [0.05, 0.1) is 0 Å². The van der Waals surface area contributed by atoms with Crippen LogP contribution in [0.5, 0.6) is 11.5 Å². The molecule has 1 heterocycles. The summed E-state index contributed by atoms with van der Waals surface area (Å²) in [4.78, 5) is 10.6. The summed E-state index contributed by atoms with van der Waals surface area (Å²) in [6, 6.07) is 6.46. The Labute approximate surface area is 78.8 Å². The van der Waals surface area contributed by atoms with Crippen LogP contribution in [-0.2, 0) is 4.79 Å². The van der Waals surface area contributed by atoms with Gasteiger partial charge in [0.15, 0.2) is 11.5 Å². The SMILES string of the molecule is O=C(O)C1=C(O)Oc2ccccc2O1. The predicted octanol–water partition coefficient (Wildman–Crippen LogP) is 1.27. The van der Waals surface area contributed by atoms with E-state index in [1.54, 1.807) is 24.3 Å². The molecule has 0 aliphatic carbocycles. The van der Waals surface area contributed by atoms with E-state index < -0.39 is 17.7 Å². The van der Waals surface area contributed by atoms with Crippen LogP contribution in [0.15, 0.2) is 36.0 Å². The van der Waals surface area contributed by atoms with Crippen molar-refractivity contribution >= 4 is 5.97 Å². The minimum Gasteiger partial charge on any atom is -0.478 e. The van der Waals surface area contributed by atoms with Crippen molar-refractivity contribution < 1.29 is 24.5 Å². The van der Waals surface area contributed by atoms with E-state index in [-0.39, 0.29) is 11.5 Å². The van der Waals surface area contributed by atoms with Crippen molar-refractivity contribution in [2.45, 2.75) is 0 Å². The lowest BCUT2D eigenvalue weighted by atomic mass is 10.3. The van der Waals surface area contributed by atoms with Gasteiger partial charge in [-0.3, -0.25) is 0 Å². The predicted molar refractivity (Wildman–Crippen MR) is 45.0 cm³/mol. The van der Waals surface area contributed by atoms with E-state index in [9.17, 15) is 4.79 Å². The first-order valence-electron chi connectivity index (χ1n) is 3.80. The zero-order valence-electron chi connectivity index (χ0n) is 6.93. The smallest absolute Gasteiger partial charge is 0.379 e. The molecule has 5 heteroatoms. The van der Waals surface area contributed by atoms with Crippen LogP contribution in [-0.4, -0.2) is 16.2 Å². The third-order valence-electron chi connectivity index (χ3n) is 1.66. The lowest BCUT2D eigenvalue weighted by Crippen LogP contribution is -2.18. The zero-order valence-corrected chi connectivity index (χ0v) is 6.93. The van der Waals surface area contributed by atoms with Gasteiger partial charge in [-0.15, -0.1) is 0 Å². The van der Waals surface area contributed by atoms with Gasteiger partial charge in [-0.2, -0.15) is 0 Å². The lowest BCUT2D eigenvalue weighted by molar-refractivity contribution is -0.136. The quantitative estimate of drug-likeness (QED) is 0.703. The maximum absolute atomic E-state index is 10.6. The Morgan fingerprint density at radius 3 is 2.29 bits per heavy atom. The van der Waals surface area contributed by atoms with Crippen molar-refractivity contribution in [2.75, 3.05) is 0 Å². The third kappa shape index (κ3) is 1.24. The molecule has 0 aromatic heterocycles. The molecule has 1 aromatic carbocycles. The molecule has 0 bridgehead atoms. The number of carboxylic acid groups (broad SMARTS) is 1. The average molecular weight is 194 g/mol. The maximum atomic E-state index is 10.6. The van der Waals surface area contributed by atoms with Crippen molar-refractivity contribution in [1.82, 2.24) is 0 Å². The van der Waals surface area contributed by atoms with Gasteiger partial charge >= 0.3 is 11.9 Å². The molecule has 0 saturated heterocycles. The molecule has 1 aromatic rings. The second-order valence-corrected chi connectivity index (χ2v) is 2.59. The van der Waals surface area contributed by atoms with Gasteiger partial charge in [-0.1, -0.05) is 12.1 Å². The number of aliphatic hydroxyl groups is 1. The zero-order chi connectivity index (χ0) is 10.1. The van der Waals surface area contributed by atoms with Crippen LogP contribution in [0.1, 0.15) is 0 Å². The summed E-state index contributed by atoms with van der Waals surface area (Å²) < 4.78 is 9.75. The van der Waals surface area contributed by atoms with Gasteiger partial charge < -0.3 is 19.7 Å². The molecule has 0 atom stereocenters. The molecule has 0 radical (unpaired) electrons. The number of hydrogen-bond donors (Lipinski definition) is 2. The number of benzene rings is 1. The van der Waals surface area contributed by atoms with Crippen molar-refractivity contribution in [2.24, 2.45) is 0 Å². The second-order valence-electron chi connectivity index (χ2n) is 2.59. The van der Waals surface area contributed by atoms with Crippen LogP contribution < -0.4 is 9.47 Å². The minimum absolute atomic E-state index is 0.266. The number of aliphatic carboxylic acids is 1. The highest BCUT2D eigenvalue weighted by molar-refractivity contribution is 5.85. The van der Waals surface area contributed by atoms with Crippen LogP contribution in [0.3, 0.4) is 0 Å². The first-order valence-corrected chi connectivity index (χ1v) is 3.80. The molecule has 72 valence electrons. The number of rotatable bonds is 1. The summed E-state index contributed by atoms with van der Waals surface area (Å²) in [5, 5.41) is 17.7. The Balaban J connectivity index is 2.41. The summed E-state index contributed by atoms with van der Waals surface area (Å²) in [6.45, 7) is 0. The van der Waals surface area contributed by atoms with Crippen LogP contribution in [0.4, 0.5) is 0 Å². The maximum Gasteiger partial charge on any atom is 0.379 e. The fraction of sp³-hybridized carbons (Fsp3) is 0. The standard InChI is InChI=1S/C9H6O5/c10-8(11)7-9(12)14-6-4-2-1-3-5(6)13-7/h1-4,12H,(H,10,11). The van der Waals surface area contributed by atoms with E-state index in [1.807, 2.05) is 0 Å². The lowest BCUT2D eigenvalue weighted by Gasteiger charge is -2.17. The first-order chi connectivity index (χ1) is 6.68. The van der Waals surface area contributed by atoms with E-state index in [0.29, 0.717) is 0 Å².